The van der Waals surface area contributed by atoms with Gasteiger partial charge in [0.25, 0.3) is 11.7 Å². The number of aliphatic hydroxyl groups excluding tert-OH is 1. The monoisotopic (exact) mass is 428 g/mol. The number of aliphatic hydroxyl groups is 1. The molecule has 0 saturated carbocycles. The second-order valence-corrected chi connectivity index (χ2v) is 7.74. The maximum absolute atomic E-state index is 13.0. The topological polar surface area (TPSA) is 70.1 Å². The van der Waals surface area contributed by atoms with E-state index in [1.165, 1.54) is 4.90 Å². The Labute approximate surface area is 181 Å². The van der Waals surface area contributed by atoms with E-state index in [-0.39, 0.29) is 11.3 Å². The predicted molar refractivity (Wildman–Crippen MR) is 117 cm³/mol. The normalized spacial score (nSPS) is 18.3. The lowest BCUT2D eigenvalue weighted by atomic mass is 9.95. The molecule has 1 aliphatic heterocycles. The Bertz CT molecular complexity index is 969. The number of halogens is 1. The van der Waals surface area contributed by atoms with E-state index in [0.29, 0.717) is 41.6 Å². The van der Waals surface area contributed by atoms with Crippen molar-refractivity contribution in [2.75, 3.05) is 33.8 Å². The molecule has 1 atom stereocenters. The molecule has 0 aliphatic carbocycles. The number of hydrogen-bond donors (Lipinski definition) is 1. The number of likely N-dealkylation sites (N-methyl/N-ethyl adjacent to an activating group) is 1. The Balaban J connectivity index is 2.14. The third-order valence-corrected chi connectivity index (χ3v) is 5.18. The fourth-order valence-electron chi connectivity index (χ4n) is 3.47. The molecule has 30 heavy (non-hydrogen) atoms. The molecule has 6 nitrogen and oxygen atoms in total. The molecule has 3 rings (SSSR count). The second kappa shape index (κ2) is 9.32. The van der Waals surface area contributed by atoms with E-state index in [4.69, 9.17) is 16.3 Å². The number of Topliss-reactive ketones (excluding diaryl/α,β-unsaturated/α-hetero) is 1. The highest BCUT2D eigenvalue weighted by Gasteiger charge is 2.46. The zero-order valence-electron chi connectivity index (χ0n) is 17.3. The number of carbonyl (C=O) groups excluding carboxylic acids is 2. The van der Waals surface area contributed by atoms with Crippen LogP contribution in [-0.2, 0) is 9.59 Å². The summed E-state index contributed by atoms with van der Waals surface area (Å²) in [6.45, 7) is 3.31. The zero-order chi connectivity index (χ0) is 21.8. The van der Waals surface area contributed by atoms with Crippen molar-refractivity contribution in [3.63, 3.8) is 0 Å². The first-order valence-electron chi connectivity index (χ1n) is 9.75. The molecule has 1 unspecified atom stereocenters. The van der Waals surface area contributed by atoms with E-state index in [1.807, 2.05) is 44.1 Å². The minimum Gasteiger partial charge on any atom is -0.507 e. The van der Waals surface area contributed by atoms with Gasteiger partial charge in [-0.25, -0.2) is 0 Å². The maximum Gasteiger partial charge on any atom is 0.295 e. The molecule has 158 valence electrons. The number of hydrogen-bond acceptors (Lipinski definition) is 5. The fraction of sp³-hybridized carbons (Fsp3) is 0.304. The van der Waals surface area contributed by atoms with Gasteiger partial charge in [0.05, 0.1) is 18.2 Å². The van der Waals surface area contributed by atoms with Crippen molar-refractivity contribution in [1.82, 2.24) is 9.80 Å². The molecular formula is C23H25ClN2O4. The van der Waals surface area contributed by atoms with E-state index in [9.17, 15) is 14.7 Å². The Morgan fingerprint density at radius 3 is 2.50 bits per heavy atom. The summed E-state index contributed by atoms with van der Waals surface area (Å²) < 4.78 is 5.60. The van der Waals surface area contributed by atoms with Crippen molar-refractivity contribution in [2.45, 2.75) is 13.0 Å². The first-order valence-corrected chi connectivity index (χ1v) is 10.1. The Kier molecular flexibility index (Phi) is 6.80. The van der Waals surface area contributed by atoms with E-state index >= 15 is 0 Å². The number of amides is 1. The molecule has 1 N–H and O–H groups in total. The summed E-state index contributed by atoms with van der Waals surface area (Å²) >= 11 is 5.95. The second-order valence-electron chi connectivity index (χ2n) is 7.31. The Hall–Kier alpha value is -2.83. The van der Waals surface area contributed by atoms with Crippen molar-refractivity contribution in [3.05, 3.63) is 70.3 Å². The third kappa shape index (κ3) is 4.50. The lowest BCUT2D eigenvalue weighted by molar-refractivity contribution is -0.140. The Morgan fingerprint density at radius 2 is 1.87 bits per heavy atom. The first kappa shape index (κ1) is 21.9. The average Bonchev–Trinajstić information content (AvgIpc) is 2.97. The quantitative estimate of drug-likeness (QED) is 0.413. The Morgan fingerprint density at radius 1 is 1.17 bits per heavy atom. The largest absolute Gasteiger partial charge is 0.507 e. The number of ketones is 1. The molecule has 0 bridgehead atoms. The molecule has 1 aliphatic rings. The third-order valence-electron chi connectivity index (χ3n) is 4.93. The molecule has 2 aromatic carbocycles. The van der Waals surface area contributed by atoms with Gasteiger partial charge in [-0.05, 0) is 63.0 Å². The van der Waals surface area contributed by atoms with Gasteiger partial charge in [0, 0.05) is 23.7 Å². The predicted octanol–water partition coefficient (Wildman–Crippen LogP) is 3.72. The summed E-state index contributed by atoms with van der Waals surface area (Å²) in [5.74, 6) is -0.906. The van der Waals surface area contributed by atoms with Crippen LogP contribution in [0.2, 0.25) is 5.02 Å². The summed E-state index contributed by atoms with van der Waals surface area (Å²) in [5.41, 5.74) is 1.19. The first-order chi connectivity index (χ1) is 14.3. The van der Waals surface area contributed by atoms with Gasteiger partial charge in [-0.3, -0.25) is 9.59 Å². The van der Waals surface area contributed by atoms with Gasteiger partial charge in [-0.15, -0.1) is 0 Å². The van der Waals surface area contributed by atoms with E-state index < -0.39 is 17.7 Å². The number of likely N-dealkylation sites (tertiary alicyclic amines) is 1. The molecule has 0 spiro atoms. The summed E-state index contributed by atoms with van der Waals surface area (Å²) in [6.07, 6.45) is 0. The van der Waals surface area contributed by atoms with Crippen LogP contribution in [0.15, 0.2) is 54.1 Å². The summed E-state index contributed by atoms with van der Waals surface area (Å²) in [4.78, 5) is 29.3. The molecule has 0 aromatic heterocycles. The van der Waals surface area contributed by atoms with Gasteiger partial charge in [0.1, 0.15) is 11.5 Å². The number of rotatable bonds is 7. The lowest BCUT2D eigenvalue weighted by Gasteiger charge is -2.26. The van der Waals surface area contributed by atoms with Crippen molar-refractivity contribution < 1.29 is 19.4 Å². The average molecular weight is 429 g/mol. The van der Waals surface area contributed by atoms with Gasteiger partial charge in [-0.1, -0.05) is 23.7 Å². The summed E-state index contributed by atoms with van der Waals surface area (Å²) in [6, 6.07) is 13.1. The maximum atomic E-state index is 13.0. The standard InChI is InChI=1S/C23H25ClN2O4/c1-4-30-18-7-5-6-16(14-18)20-19(21(27)15-8-10-17(24)11-9-15)22(28)23(29)26(20)13-12-25(2)3/h5-11,14,20,27H,4,12-13H2,1-3H3/b21-19+. The lowest BCUT2D eigenvalue weighted by Crippen LogP contribution is -2.35. The van der Waals surface area contributed by atoms with Crippen LogP contribution in [0.4, 0.5) is 0 Å². The summed E-state index contributed by atoms with van der Waals surface area (Å²) in [7, 11) is 3.80. The van der Waals surface area contributed by atoms with E-state index in [2.05, 4.69) is 0 Å². The van der Waals surface area contributed by atoms with Gasteiger partial charge >= 0.3 is 0 Å². The number of carbonyl (C=O) groups is 2. The minimum atomic E-state index is -0.707. The highest BCUT2D eigenvalue weighted by molar-refractivity contribution is 6.46. The molecule has 1 fully saturated rings. The highest BCUT2D eigenvalue weighted by atomic mass is 35.5. The van der Waals surface area contributed by atoms with Crippen LogP contribution >= 0.6 is 11.6 Å². The molecule has 1 heterocycles. The molecule has 1 saturated heterocycles. The van der Waals surface area contributed by atoms with Crippen molar-refractivity contribution in [3.8, 4) is 5.75 Å². The molecule has 7 heteroatoms. The molecule has 0 radical (unpaired) electrons. The van der Waals surface area contributed by atoms with Crippen LogP contribution < -0.4 is 4.74 Å². The van der Waals surface area contributed by atoms with Crippen LogP contribution in [0.1, 0.15) is 24.1 Å². The van der Waals surface area contributed by atoms with Crippen LogP contribution in [0.5, 0.6) is 5.75 Å². The van der Waals surface area contributed by atoms with Crippen LogP contribution in [0.3, 0.4) is 0 Å². The zero-order valence-corrected chi connectivity index (χ0v) is 18.0. The van der Waals surface area contributed by atoms with Crippen molar-refractivity contribution >= 4 is 29.1 Å². The van der Waals surface area contributed by atoms with Crippen molar-refractivity contribution in [1.29, 1.82) is 0 Å². The van der Waals surface area contributed by atoms with Crippen LogP contribution in [0, 0.1) is 0 Å². The number of nitrogens with zero attached hydrogens (tertiary/aromatic N) is 2. The minimum absolute atomic E-state index is 0.0646. The number of benzene rings is 2. The van der Waals surface area contributed by atoms with Crippen LogP contribution in [-0.4, -0.2) is 60.4 Å². The van der Waals surface area contributed by atoms with E-state index in [0.717, 1.165) is 0 Å². The molecule has 2 aromatic rings. The smallest absolute Gasteiger partial charge is 0.295 e. The molecule has 1 amide bonds. The van der Waals surface area contributed by atoms with Crippen LogP contribution in [0.25, 0.3) is 5.76 Å². The summed E-state index contributed by atoms with van der Waals surface area (Å²) in [5, 5.41) is 11.5. The van der Waals surface area contributed by atoms with Gasteiger partial charge in [-0.2, -0.15) is 0 Å². The highest BCUT2D eigenvalue weighted by Crippen LogP contribution is 2.40. The van der Waals surface area contributed by atoms with Gasteiger partial charge in [0.2, 0.25) is 0 Å². The van der Waals surface area contributed by atoms with Gasteiger partial charge in [0.15, 0.2) is 0 Å². The van der Waals surface area contributed by atoms with Gasteiger partial charge < -0.3 is 19.6 Å². The number of ether oxygens (including phenoxy) is 1. The molecular weight excluding hydrogens is 404 g/mol. The van der Waals surface area contributed by atoms with Crippen molar-refractivity contribution in [2.24, 2.45) is 0 Å². The fourth-order valence-corrected chi connectivity index (χ4v) is 3.60. The SMILES string of the molecule is CCOc1cccc(C2/C(=C(\O)c3ccc(Cl)cc3)C(=O)C(=O)N2CCN(C)C)c1. The van der Waals surface area contributed by atoms with E-state index in [1.54, 1.807) is 30.3 Å².